The lowest BCUT2D eigenvalue weighted by molar-refractivity contribution is 0.0954. The first-order valence-corrected chi connectivity index (χ1v) is 9.60. The number of aromatic nitrogens is 3. The number of fused-ring (bicyclic) bond motifs is 1. The highest BCUT2D eigenvalue weighted by molar-refractivity contribution is 6.42. The molecule has 6 nitrogen and oxygen atoms in total. The smallest absolute Gasteiger partial charge is 0.277 e. The predicted octanol–water partition coefficient (Wildman–Crippen LogP) is 4.54. The SMILES string of the molecule is CC1CN(c2ccc(Cl)c(Cl)c2)C(=O)c2c(-c3ccnc(N(C)C)c3)cnn21. The van der Waals surface area contributed by atoms with Crippen molar-refractivity contribution in [2.75, 3.05) is 30.4 Å². The average molecular weight is 416 g/mol. The number of carbonyl (C=O) groups is 1. The monoisotopic (exact) mass is 415 g/mol. The molecule has 3 aromatic rings. The summed E-state index contributed by atoms with van der Waals surface area (Å²) in [6, 6.07) is 9.09. The highest BCUT2D eigenvalue weighted by atomic mass is 35.5. The Bertz CT molecular complexity index is 1060. The van der Waals surface area contributed by atoms with E-state index in [1.165, 1.54) is 0 Å². The summed E-state index contributed by atoms with van der Waals surface area (Å²) >= 11 is 12.2. The molecule has 0 aliphatic carbocycles. The van der Waals surface area contributed by atoms with E-state index >= 15 is 0 Å². The number of hydrogen-bond donors (Lipinski definition) is 0. The second-order valence-electron chi connectivity index (χ2n) is 7.01. The molecule has 1 unspecified atom stereocenters. The van der Waals surface area contributed by atoms with Crippen LogP contribution in [0, 0.1) is 0 Å². The summed E-state index contributed by atoms with van der Waals surface area (Å²) in [6.45, 7) is 2.54. The van der Waals surface area contributed by atoms with Crippen LogP contribution in [0.1, 0.15) is 23.5 Å². The third-order valence-corrected chi connectivity index (χ3v) is 5.58. The van der Waals surface area contributed by atoms with E-state index in [1.54, 1.807) is 40.2 Å². The number of carbonyl (C=O) groups excluding carboxylic acids is 1. The van der Waals surface area contributed by atoms with Gasteiger partial charge in [-0.15, -0.1) is 0 Å². The molecule has 0 saturated carbocycles. The molecule has 3 heterocycles. The molecule has 0 N–H and O–H groups in total. The summed E-state index contributed by atoms with van der Waals surface area (Å²) in [7, 11) is 3.86. The van der Waals surface area contributed by atoms with Crippen molar-refractivity contribution in [1.29, 1.82) is 0 Å². The standard InChI is InChI=1S/C20H19Cl2N5O/c1-12-11-26(14-4-5-16(21)17(22)9-14)20(28)19-15(10-24-27(12)19)13-6-7-23-18(8-13)25(2)3/h4-10,12H,11H2,1-3H3. The summed E-state index contributed by atoms with van der Waals surface area (Å²) in [5.74, 6) is 0.697. The zero-order valence-electron chi connectivity index (χ0n) is 15.7. The maximum Gasteiger partial charge on any atom is 0.277 e. The van der Waals surface area contributed by atoms with Crippen molar-refractivity contribution in [2.24, 2.45) is 0 Å². The number of anilines is 2. The molecule has 8 heteroatoms. The van der Waals surface area contributed by atoms with Gasteiger partial charge in [0.25, 0.3) is 5.91 Å². The van der Waals surface area contributed by atoms with Crippen molar-refractivity contribution in [3.8, 4) is 11.1 Å². The normalized spacial score (nSPS) is 16.2. The molecule has 1 aliphatic rings. The number of halogens is 2. The van der Waals surface area contributed by atoms with Gasteiger partial charge in [-0.3, -0.25) is 9.48 Å². The Morgan fingerprint density at radius 1 is 1.14 bits per heavy atom. The van der Waals surface area contributed by atoms with E-state index in [4.69, 9.17) is 23.2 Å². The molecule has 1 aromatic carbocycles. The molecule has 0 radical (unpaired) electrons. The molecule has 0 bridgehead atoms. The summed E-state index contributed by atoms with van der Waals surface area (Å²) in [5.41, 5.74) is 2.96. The Balaban J connectivity index is 1.80. The van der Waals surface area contributed by atoms with E-state index in [0.717, 1.165) is 16.9 Å². The van der Waals surface area contributed by atoms with Crippen LogP contribution in [0.3, 0.4) is 0 Å². The lowest BCUT2D eigenvalue weighted by Crippen LogP contribution is -2.42. The molecule has 28 heavy (non-hydrogen) atoms. The predicted molar refractivity (Wildman–Crippen MR) is 113 cm³/mol. The zero-order valence-corrected chi connectivity index (χ0v) is 17.2. The molecule has 1 aliphatic heterocycles. The topological polar surface area (TPSA) is 54.3 Å². The van der Waals surface area contributed by atoms with Gasteiger partial charge < -0.3 is 9.80 Å². The summed E-state index contributed by atoms with van der Waals surface area (Å²) in [4.78, 5) is 21.4. The molecule has 4 rings (SSSR count). The maximum absolute atomic E-state index is 13.4. The van der Waals surface area contributed by atoms with Crippen LogP contribution < -0.4 is 9.80 Å². The van der Waals surface area contributed by atoms with Gasteiger partial charge in [0, 0.05) is 38.1 Å². The number of hydrogen-bond acceptors (Lipinski definition) is 4. The molecular formula is C20H19Cl2N5O. The lowest BCUT2D eigenvalue weighted by Gasteiger charge is -2.32. The summed E-state index contributed by atoms with van der Waals surface area (Å²) in [6.07, 6.45) is 3.49. The van der Waals surface area contributed by atoms with Gasteiger partial charge in [0.1, 0.15) is 11.5 Å². The van der Waals surface area contributed by atoms with E-state index in [1.807, 2.05) is 38.1 Å². The van der Waals surface area contributed by atoms with E-state index in [-0.39, 0.29) is 11.9 Å². The average Bonchev–Trinajstić information content (AvgIpc) is 3.13. The Morgan fingerprint density at radius 3 is 2.64 bits per heavy atom. The van der Waals surface area contributed by atoms with Crippen molar-refractivity contribution >= 4 is 40.6 Å². The minimum Gasteiger partial charge on any atom is -0.363 e. The molecule has 0 spiro atoms. The second kappa shape index (κ2) is 7.11. The second-order valence-corrected chi connectivity index (χ2v) is 7.83. The van der Waals surface area contributed by atoms with Gasteiger partial charge in [0.15, 0.2) is 0 Å². The first-order chi connectivity index (χ1) is 13.4. The van der Waals surface area contributed by atoms with Gasteiger partial charge in [-0.1, -0.05) is 23.2 Å². The third kappa shape index (κ3) is 3.12. The van der Waals surface area contributed by atoms with Gasteiger partial charge >= 0.3 is 0 Å². The number of nitrogens with zero attached hydrogens (tertiary/aromatic N) is 5. The number of amides is 1. The molecule has 144 valence electrons. The molecular weight excluding hydrogens is 397 g/mol. The molecule has 1 atom stereocenters. The van der Waals surface area contributed by atoms with Crippen molar-refractivity contribution in [3.63, 3.8) is 0 Å². The molecule has 0 fully saturated rings. The number of pyridine rings is 1. The van der Waals surface area contributed by atoms with Gasteiger partial charge in [0.05, 0.1) is 22.3 Å². The van der Waals surface area contributed by atoms with Gasteiger partial charge in [-0.25, -0.2) is 4.98 Å². The first kappa shape index (κ1) is 18.8. The molecule has 1 amide bonds. The van der Waals surface area contributed by atoms with Crippen LogP contribution in [-0.4, -0.2) is 41.3 Å². The Hall–Kier alpha value is -2.57. The van der Waals surface area contributed by atoms with E-state index in [0.29, 0.717) is 28.0 Å². The van der Waals surface area contributed by atoms with Crippen molar-refractivity contribution in [3.05, 3.63) is 58.5 Å². The minimum atomic E-state index is -0.118. The van der Waals surface area contributed by atoms with Gasteiger partial charge in [-0.05, 0) is 42.8 Å². The Kier molecular flexibility index (Phi) is 4.77. The third-order valence-electron chi connectivity index (χ3n) is 4.84. The van der Waals surface area contributed by atoms with Crippen molar-refractivity contribution < 1.29 is 4.79 Å². The van der Waals surface area contributed by atoms with E-state index in [2.05, 4.69) is 10.1 Å². The summed E-state index contributed by atoms with van der Waals surface area (Å²) in [5, 5.41) is 5.37. The van der Waals surface area contributed by atoms with E-state index < -0.39 is 0 Å². The Labute approximate surface area is 173 Å². The Morgan fingerprint density at radius 2 is 1.93 bits per heavy atom. The van der Waals surface area contributed by atoms with Crippen LogP contribution in [0.15, 0.2) is 42.7 Å². The minimum absolute atomic E-state index is 0.0195. The van der Waals surface area contributed by atoms with Crippen molar-refractivity contribution in [1.82, 2.24) is 14.8 Å². The highest BCUT2D eigenvalue weighted by Crippen LogP contribution is 2.35. The fourth-order valence-electron chi connectivity index (χ4n) is 3.38. The van der Waals surface area contributed by atoms with Crippen LogP contribution in [0.4, 0.5) is 11.5 Å². The van der Waals surface area contributed by atoms with Crippen molar-refractivity contribution in [2.45, 2.75) is 13.0 Å². The molecule has 2 aromatic heterocycles. The molecule has 0 saturated heterocycles. The number of rotatable bonds is 3. The maximum atomic E-state index is 13.4. The van der Waals surface area contributed by atoms with Crippen LogP contribution >= 0.6 is 23.2 Å². The largest absolute Gasteiger partial charge is 0.363 e. The fraction of sp³-hybridized carbons (Fsp3) is 0.250. The lowest BCUT2D eigenvalue weighted by atomic mass is 10.0. The number of benzene rings is 1. The van der Waals surface area contributed by atoms with Crippen LogP contribution in [0.25, 0.3) is 11.1 Å². The highest BCUT2D eigenvalue weighted by Gasteiger charge is 2.34. The van der Waals surface area contributed by atoms with Gasteiger partial charge in [0.2, 0.25) is 0 Å². The fourth-order valence-corrected chi connectivity index (χ4v) is 3.67. The van der Waals surface area contributed by atoms with Crippen LogP contribution in [0.5, 0.6) is 0 Å². The van der Waals surface area contributed by atoms with E-state index in [9.17, 15) is 4.79 Å². The summed E-state index contributed by atoms with van der Waals surface area (Å²) < 4.78 is 1.79. The van der Waals surface area contributed by atoms with Gasteiger partial charge in [-0.2, -0.15) is 5.10 Å². The zero-order chi connectivity index (χ0) is 20.0. The first-order valence-electron chi connectivity index (χ1n) is 8.85. The quantitative estimate of drug-likeness (QED) is 0.629. The van der Waals surface area contributed by atoms with Crippen LogP contribution in [0.2, 0.25) is 10.0 Å². The van der Waals surface area contributed by atoms with Crippen LogP contribution in [-0.2, 0) is 0 Å².